The van der Waals surface area contributed by atoms with E-state index in [2.05, 4.69) is 15.9 Å². The van der Waals surface area contributed by atoms with Crippen molar-refractivity contribution in [1.82, 2.24) is 0 Å². The van der Waals surface area contributed by atoms with Crippen LogP contribution in [-0.2, 0) is 0 Å². The second-order valence-electron chi connectivity index (χ2n) is 3.74. The molecule has 6 heteroatoms. The standard InChI is InChI=1S/C13H9BrClFN2O/c14-8-2-4-12(10(16)6-8)19-11-3-1-7(13(17)18)5-9(11)15/h1-6H,(H3,17,18). The minimum Gasteiger partial charge on any atom is -0.453 e. The molecule has 0 bridgehead atoms. The summed E-state index contributed by atoms with van der Waals surface area (Å²) in [5.41, 5.74) is 5.82. The van der Waals surface area contributed by atoms with Crippen LogP contribution in [0.1, 0.15) is 5.56 Å². The molecule has 0 aliphatic carbocycles. The van der Waals surface area contributed by atoms with Crippen molar-refractivity contribution in [3.8, 4) is 11.5 Å². The lowest BCUT2D eigenvalue weighted by Crippen LogP contribution is -2.10. The van der Waals surface area contributed by atoms with Gasteiger partial charge in [-0.3, -0.25) is 5.41 Å². The summed E-state index contributed by atoms with van der Waals surface area (Å²) in [4.78, 5) is 0. The highest BCUT2D eigenvalue weighted by Crippen LogP contribution is 2.32. The van der Waals surface area contributed by atoms with Crippen LogP contribution < -0.4 is 10.5 Å². The van der Waals surface area contributed by atoms with E-state index in [-0.39, 0.29) is 16.6 Å². The number of nitrogens with one attached hydrogen (secondary N) is 1. The molecule has 0 unspecified atom stereocenters. The van der Waals surface area contributed by atoms with E-state index in [1.807, 2.05) is 0 Å². The highest BCUT2D eigenvalue weighted by molar-refractivity contribution is 9.10. The number of nitrogens with two attached hydrogens (primary N) is 1. The highest BCUT2D eigenvalue weighted by Gasteiger charge is 2.09. The molecule has 0 aliphatic heterocycles. The normalized spacial score (nSPS) is 10.3. The minimum absolute atomic E-state index is 0.0701. The number of hydrogen-bond acceptors (Lipinski definition) is 2. The third-order valence-electron chi connectivity index (χ3n) is 2.36. The van der Waals surface area contributed by atoms with Gasteiger partial charge in [0, 0.05) is 10.0 Å². The average molecular weight is 344 g/mol. The van der Waals surface area contributed by atoms with Crippen molar-refractivity contribution in [2.75, 3.05) is 0 Å². The first-order chi connectivity index (χ1) is 8.97. The lowest BCUT2D eigenvalue weighted by molar-refractivity contribution is 0.442. The third kappa shape index (κ3) is 3.24. The fourth-order valence-corrected chi connectivity index (χ4v) is 1.98. The fourth-order valence-electron chi connectivity index (χ4n) is 1.43. The summed E-state index contributed by atoms with van der Waals surface area (Å²) in [7, 11) is 0. The van der Waals surface area contributed by atoms with E-state index in [1.54, 1.807) is 18.2 Å². The zero-order chi connectivity index (χ0) is 14.0. The Labute approximate surface area is 122 Å². The second kappa shape index (κ2) is 5.59. The maximum atomic E-state index is 13.6. The summed E-state index contributed by atoms with van der Waals surface area (Å²) < 4.78 is 19.6. The molecular weight excluding hydrogens is 335 g/mol. The molecule has 2 aromatic rings. The van der Waals surface area contributed by atoms with Gasteiger partial charge < -0.3 is 10.5 Å². The molecular formula is C13H9BrClFN2O. The number of ether oxygens (including phenoxy) is 1. The molecule has 0 fully saturated rings. The average Bonchev–Trinajstić information content (AvgIpc) is 2.34. The Balaban J connectivity index is 2.31. The quantitative estimate of drug-likeness (QED) is 0.644. The summed E-state index contributed by atoms with van der Waals surface area (Å²) in [5.74, 6) is -0.224. The van der Waals surface area contributed by atoms with E-state index in [9.17, 15) is 4.39 Å². The highest BCUT2D eigenvalue weighted by atomic mass is 79.9. The monoisotopic (exact) mass is 342 g/mol. The van der Waals surface area contributed by atoms with E-state index in [4.69, 9.17) is 27.5 Å². The van der Waals surface area contributed by atoms with Gasteiger partial charge in [-0.25, -0.2) is 4.39 Å². The van der Waals surface area contributed by atoms with Crippen molar-refractivity contribution in [3.05, 3.63) is 57.3 Å². The number of nitrogen functional groups attached to an aromatic ring is 1. The first-order valence-corrected chi connectivity index (χ1v) is 6.41. The summed E-state index contributed by atoms with van der Waals surface area (Å²) in [6.45, 7) is 0. The van der Waals surface area contributed by atoms with Crippen molar-refractivity contribution in [3.63, 3.8) is 0 Å². The molecule has 0 saturated heterocycles. The van der Waals surface area contributed by atoms with Crippen LogP contribution in [0.3, 0.4) is 0 Å². The molecule has 0 heterocycles. The number of hydrogen-bond donors (Lipinski definition) is 2. The van der Waals surface area contributed by atoms with Crippen molar-refractivity contribution >= 4 is 33.4 Å². The largest absolute Gasteiger partial charge is 0.453 e. The zero-order valence-corrected chi connectivity index (χ0v) is 11.9. The Bertz CT molecular complexity index is 649. The number of rotatable bonds is 3. The predicted octanol–water partition coefficient (Wildman–Crippen LogP) is 4.32. The fraction of sp³-hybridized carbons (Fsp3) is 0. The van der Waals surface area contributed by atoms with E-state index in [0.29, 0.717) is 15.8 Å². The predicted molar refractivity (Wildman–Crippen MR) is 76.6 cm³/mol. The number of benzene rings is 2. The SMILES string of the molecule is N=C(N)c1ccc(Oc2ccc(Br)cc2F)c(Cl)c1. The molecule has 0 aliphatic rings. The summed E-state index contributed by atoms with van der Waals surface area (Å²) >= 11 is 9.16. The van der Waals surface area contributed by atoms with Gasteiger partial charge in [0.05, 0.1) is 5.02 Å². The van der Waals surface area contributed by atoms with Crippen LogP contribution in [0.5, 0.6) is 11.5 Å². The van der Waals surface area contributed by atoms with Crippen LogP contribution in [0.4, 0.5) is 4.39 Å². The van der Waals surface area contributed by atoms with E-state index < -0.39 is 5.82 Å². The van der Waals surface area contributed by atoms with Gasteiger partial charge in [-0.1, -0.05) is 27.5 Å². The Kier molecular flexibility index (Phi) is 4.07. The lowest BCUT2D eigenvalue weighted by Gasteiger charge is -2.09. The molecule has 0 spiro atoms. The van der Waals surface area contributed by atoms with Crippen LogP contribution >= 0.6 is 27.5 Å². The molecule has 3 nitrogen and oxygen atoms in total. The van der Waals surface area contributed by atoms with Gasteiger partial charge >= 0.3 is 0 Å². The van der Waals surface area contributed by atoms with Gasteiger partial charge in [0.2, 0.25) is 0 Å². The molecule has 98 valence electrons. The smallest absolute Gasteiger partial charge is 0.166 e. The molecule has 0 radical (unpaired) electrons. The molecule has 0 aromatic heterocycles. The first-order valence-electron chi connectivity index (χ1n) is 5.24. The Morgan fingerprint density at radius 2 is 1.89 bits per heavy atom. The van der Waals surface area contributed by atoms with Crippen molar-refractivity contribution in [1.29, 1.82) is 5.41 Å². The number of amidine groups is 1. The van der Waals surface area contributed by atoms with Crippen LogP contribution in [0.15, 0.2) is 40.9 Å². The van der Waals surface area contributed by atoms with Crippen LogP contribution in [-0.4, -0.2) is 5.84 Å². The molecule has 3 N–H and O–H groups in total. The summed E-state index contributed by atoms with van der Waals surface area (Å²) in [5, 5.41) is 7.55. The van der Waals surface area contributed by atoms with Gasteiger partial charge in [0.15, 0.2) is 11.6 Å². The Morgan fingerprint density at radius 1 is 1.21 bits per heavy atom. The van der Waals surface area contributed by atoms with Crippen LogP contribution in [0.2, 0.25) is 5.02 Å². The van der Waals surface area contributed by atoms with Gasteiger partial charge in [0.1, 0.15) is 11.6 Å². The maximum absolute atomic E-state index is 13.6. The van der Waals surface area contributed by atoms with Gasteiger partial charge in [-0.15, -0.1) is 0 Å². The Hall–Kier alpha value is -1.59. The minimum atomic E-state index is -0.499. The molecule has 2 aromatic carbocycles. The zero-order valence-electron chi connectivity index (χ0n) is 9.58. The van der Waals surface area contributed by atoms with E-state index in [1.165, 1.54) is 18.2 Å². The van der Waals surface area contributed by atoms with Crippen molar-refractivity contribution in [2.45, 2.75) is 0 Å². The van der Waals surface area contributed by atoms with E-state index in [0.717, 1.165) is 0 Å². The Morgan fingerprint density at radius 3 is 2.47 bits per heavy atom. The van der Waals surface area contributed by atoms with E-state index >= 15 is 0 Å². The second-order valence-corrected chi connectivity index (χ2v) is 5.06. The molecule has 19 heavy (non-hydrogen) atoms. The van der Waals surface area contributed by atoms with Crippen LogP contribution in [0.25, 0.3) is 0 Å². The third-order valence-corrected chi connectivity index (χ3v) is 3.15. The lowest BCUT2D eigenvalue weighted by atomic mass is 10.2. The van der Waals surface area contributed by atoms with Gasteiger partial charge in [0.25, 0.3) is 0 Å². The maximum Gasteiger partial charge on any atom is 0.166 e. The molecule has 2 rings (SSSR count). The van der Waals surface area contributed by atoms with Gasteiger partial charge in [-0.2, -0.15) is 0 Å². The van der Waals surface area contributed by atoms with Crippen LogP contribution in [0, 0.1) is 11.2 Å². The molecule has 0 saturated carbocycles. The molecule has 0 atom stereocenters. The topological polar surface area (TPSA) is 59.1 Å². The van der Waals surface area contributed by atoms with Crippen molar-refractivity contribution in [2.24, 2.45) is 5.73 Å². The first kappa shape index (κ1) is 13.8. The van der Waals surface area contributed by atoms with Crippen molar-refractivity contribution < 1.29 is 9.13 Å². The summed E-state index contributed by atoms with van der Waals surface area (Å²) in [6, 6.07) is 9.08. The summed E-state index contributed by atoms with van der Waals surface area (Å²) in [6.07, 6.45) is 0. The number of halogens is 3. The van der Waals surface area contributed by atoms with Gasteiger partial charge in [-0.05, 0) is 36.4 Å². The molecule has 0 amide bonds.